The number of carbonyl (C=O) groups is 1. The predicted molar refractivity (Wildman–Crippen MR) is 70.1 cm³/mol. The highest BCUT2D eigenvalue weighted by Gasteiger charge is 2.27. The molecule has 1 fully saturated rings. The normalized spacial score (nSPS) is 15.2. The van der Waals surface area contributed by atoms with Crippen LogP contribution in [0.25, 0.3) is 0 Å². The van der Waals surface area contributed by atoms with Gasteiger partial charge in [0.15, 0.2) is 0 Å². The number of nitrogen functional groups attached to an aromatic ring is 1. The Hall–Kier alpha value is -1.60. The fourth-order valence-electron chi connectivity index (χ4n) is 1.67. The molecular weight excluding hydrogens is 268 g/mol. The van der Waals surface area contributed by atoms with Crippen LogP contribution in [0.3, 0.4) is 0 Å². The van der Waals surface area contributed by atoms with E-state index in [1.54, 1.807) is 0 Å². The number of rotatable bonds is 5. The van der Waals surface area contributed by atoms with E-state index in [1.165, 1.54) is 25.3 Å². The van der Waals surface area contributed by atoms with E-state index in [9.17, 15) is 13.2 Å². The molecule has 0 spiro atoms. The van der Waals surface area contributed by atoms with Gasteiger partial charge in [-0.3, -0.25) is 0 Å². The molecule has 0 saturated heterocycles. The number of nitrogens with one attached hydrogen (secondary N) is 1. The zero-order valence-corrected chi connectivity index (χ0v) is 11.4. The molecule has 0 aliphatic heterocycles. The maximum Gasteiger partial charge on any atom is 0.339 e. The molecule has 0 bridgehead atoms. The topological polar surface area (TPSA) is 98.5 Å². The number of ether oxygens (including phenoxy) is 1. The van der Waals surface area contributed by atoms with Crippen LogP contribution in [0, 0.1) is 5.92 Å². The Morgan fingerprint density at radius 2 is 2.16 bits per heavy atom. The molecule has 104 valence electrons. The Labute approximate surface area is 112 Å². The molecule has 1 aromatic carbocycles. The van der Waals surface area contributed by atoms with Gasteiger partial charge in [0, 0.05) is 12.2 Å². The number of hydrogen-bond acceptors (Lipinski definition) is 5. The van der Waals surface area contributed by atoms with Gasteiger partial charge >= 0.3 is 5.97 Å². The van der Waals surface area contributed by atoms with Gasteiger partial charge in [0.1, 0.15) is 0 Å². The molecular formula is C12H16N2O4S. The molecule has 0 aromatic heterocycles. The maximum atomic E-state index is 12.2. The largest absolute Gasteiger partial charge is 0.465 e. The van der Waals surface area contributed by atoms with E-state index >= 15 is 0 Å². The van der Waals surface area contributed by atoms with E-state index in [1.807, 2.05) is 0 Å². The Balaban J connectivity index is 2.34. The average Bonchev–Trinajstić information content (AvgIpc) is 3.19. The number of hydrogen-bond donors (Lipinski definition) is 2. The molecule has 0 atom stereocenters. The van der Waals surface area contributed by atoms with E-state index in [0.29, 0.717) is 12.5 Å². The minimum Gasteiger partial charge on any atom is -0.465 e. The first-order chi connectivity index (χ1) is 8.94. The summed E-state index contributed by atoms with van der Waals surface area (Å²) in [5.74, 6) is -0.302. The van der Waals surface area contributed by atoms with Crippen LogP contribution in [-0.4, -0.2) is 28.0 Å². The summed E-state index contributed by atoms with van der Waals surface area (Å²) in [4.78, 5) is 11.4. The van der Waals surface area contributed by atoms with Crippen molar-refractivity contribution in [1.29, 1.82) is 0 Å². The predicted octanol–water partition coefficient (Wildman–Crippen LogP) is 0.744. The summed E-state index contributed by atoms with van der Waals surface area (Å²) in [6, 6.07) is 4.08. The lowest BCUT2D eigenvalue weighted by Gasteiger charge is -2.10. The van der Waals surface area contributed by atoms with Crippen LogP contribution in [-0.2, 0) is 14.8 Å². The minimum atomic E-state index is -3.75. The maximum absolute atomic E-state index is 12.2. The second kappa shape index (κ2) is 5.18. The third-order valence-electron chi connectivity index (χ3n) is 2.96. The first-order valence-corrected chi connectivity index (χ1v) is 7.40. The van der Waals surface area contributed by atoms with Crippen molar-refractivity contribution in [2.45, 2.75) is 17.7 Å². The lowest BCUT2D eigenvalue weighted by atomic mass is 10.2. The molecule has 2 rings (SSSR count). The van der Waals surface area contributed by atoms with Gasteiger partial charge < -0.3 is 10.5 Å². The number of nitrogens with two attached hydrogens (primary N) is 1. The van der Waals surface area contributed by atoms with Gasteiger partial charge in [0.05, 0.1) is 17.6 Å². The Kier molecular flexibility index (Phi) is 3.77. The summed E-state index contributed by atoms with van der Waals surface area (Å²) >= 11 is 0. The number of benzene rings is 1. The molecule has 6 nitrogen and oxygen atoms in total. The molecule has 1 aliphatic carbocycles. The number of carbonyl (C=O) groups excluding carboxylic acids is 1. The van der Waals surface area contributed by atoms with Crippen molar-refractivity contribution in [2.24, 2.45) is 5.92 Å². The van der Waals surface area contributed by atoms with E-state index in [2.05, 4.69) is 9.46 Å². The number of methoxy groups -OCH3 is 1. The van der Waals surface area contributed by atoms with Crippen LogP contribution in [0.5, 0.6) is 0 Å². The van der Waals surface area contributed by atoms with Gasteiger partial charge in [-0.2, -0.15) is 0 Å². The van der Waals surface area contributed by atoms with Gasteiger partial charge in [0.25, 0.3) is 0 Å². The van der Waals surface area contributed by atoms with Crippen molar-refractivity contribution in [3.05, 3.63) is 23.8 Å². The fourth-order valence-corrected chi connectivity index (χ4v) is 3.01. The first-order valence-electron chi connectivity index (χ1n) is 5.91. The fraction of sp³-hybridized carbons (Fsp3) is 0.417. The van der Waals surface area contributed by atoms with Gasteiger partial charge in [0.2, 0.25) is 10.0 Å². The molecule has 7 heteroatoms. The van der Waals surface area contributed by atoms with E-state index < -0.39 is 16.0 Å². The molecule has 19 heavy (non-hydrogen) atoms. The molecule has 0 heterocycles. The van der Waals surface area contributed by atoms with Crippen LogP contribution >= 0.6 is 0 Å². The minimum absolute atomic E-state index is 0.0139. The monoisotopic (exact) mass is 284 g/mol. The van der Waals surface area contributed by atoms with E-state index in [-0.39, 0.29) is 16.1 Å². The van der Waals surface area contributed by atoms with Crippen molar-refractivity contribution in [3.63, 3.8) is 0 Å². The van der Waals surface area contributed by atoms with Gasteiger partial charge in [-0.15, -0.1) is 0 Å². The van der Waals surface area contributed by atoms with Crippen LogP contribution in [0.2, 0.25) is 0 Å². The molecule has 1 aliphatic rings. The lowest BCUT2D eigenvalue weighted by molar-refractivity contribution is 0.0596. The summed E-state index contributed by atoms with van der Waals surface area (Å²) in [5.41, 5.74) is 5.85. The van der Waals surface area contributed by atoms with Crippen LogP contribution in [0.4, 0.5) is 5.69 Å². The molecule has 1 saturated carbocycles. The van der Waals surface area contributed by atoms with Gasteiger partial charge in [-0.1, -0.05) is 0 Å². The summed E-state index contributed by atoms with van der Waals surface area (Å²) in [6.45, 7) is 0.387. The van der Waals surface area contributed by atoms with Gasteiger partial charge in [-0.05, 0) is 37.0 Å². The smallest absolute Gasteiger partial charge is 0.339 e. The number of sulfonamides is 1. The Bertz CT molecular complexity index is 594. The highest BCUT2D eigenvalue weighted by atomic mass is 32.2. The number of esters is 1. The molecule has 1 aromatic rings. The molecule has 0 amide bonds. The Morgan fingerprint density at radius 3 is 2.74 bits per heavy atom. The SMILES string of the molecule is COC(=O)c1ccc(N)cc1S(=O)(=O)NCC1CC1. The van der Waals surface area contributed by atoms with Crippen LogP contribution in [0.15, 0.2) is 23.1 Å². The highest BCUT2D eigenvalue weighted by molar-refractivity contribution is 7.89. The van der Waals surface area contributed by atoms with Crippen molar-refractivity contribution in [3.8, 4) is 0 Å². The van der Waals surface area contributed by atoms with Crippen molar-refractivity contribution < 1.29 is 17.9 Å². The highest BCUT2D eigenvalue weighted by Crippen LogP contribution is 2.28. The molecule has 0 radical (unpaired) electrons. The van der Waals surface area contributed by atoms with Crippen molar-refractivity contribution >= 4 is 21.7 Å². The van der Waals surface area contributed by atoms with Gasteiger partial charge in [-0.25, -0.2) is 17.9 Å². The van der Waals surface area contributed by atoms with Crippen molar-refractivity contribution in [1.82, 2.24) is 4.72 Å². The third kappa shape index (κ3) is 3.24. The number of anilines is 1. The second-order valence-electron chi connectivity index (χ2n) is 4.54. The molecule has 3 N–H and O–H groups in total. The third-order valence-corrected chi connectivity index (χ3v) is 4.42. The quantitative estimate of drug-likeness (QED) is 0.614. The second-order valence-corrected chi connectivity index (χ2v) is 6.28. The average molecular weight is 284 g/mol. The summed E-state index contributed by atoms with van der Waals surface area (Å²) in [7, 11) is -2.55. The van der Waals surface area contributed by atoms with Crippen LogP contribution in [0.1, 0.15) is 23.2 Å². The zero-order chi connectivity index (χ0) is 14.0. The molecule has 0 unspecified atom stereocenters. The first kappa shape index (κ1) is 13.8. The Morgan fingerprint density at radius 1 is 1.47 bits per heavy atom. The summed E-state index contributed by atoms with van der Waals surface area (Å²) in [5, 5.41) is 0. The lowest BCUT2D eigenvalue weighted by Crippen LogP contribution is -2.27. The summed E-state index contributed by atoms with van der Waals surface area (Å²) in [6.07, 6.45) is 2.06. The van der Waals surface area contributed by atoms with E-state index in [4.69, 9.17) is 5.73 Å². The van der Waals surface area contributed by atoms with E-state index in [0.717, 1.165) is 12.8 Å². The van der Waals surface area contributed by atoms with Crippen LogP contribution < -0.4 is 10.5 Å². The van der Waals surface area contributed by atoms with Crippen molar-refractivity contribution in [2.75, 3.05) is 19.4 Å². The summed E-state index contributed by atoms with van der Waals surface area (Å²) < 4.78 is 31.4. The standard InChI is InChI=1S/C12H16N2O4S/c1-18-12(15)10-5-4-9(13)6-11(10)19(16,17)14-7-8-2-3-8/h4-6,8,14H,2-3,7,13H2,1H3. The zero-order valence-electron chi connectivity index (χ0n) is 10.5.